The normalized spacial score (nSPS) is 17.5. The molecule has 0 unspecified atom stereocenters. The van der Waals surface area contributed by atoms with Crippen LogP contribution >= 0.6 is 11.6 Å². The standard InChI is InChI=1S/C15H17ClN2O4/c1-10(19)17(12-6-4-3-5-11(12)16)9-18-13(15(21)22-2)7-8-14(18)20/h3-6,13H,7-9H2,1-2H3/t13-/m0/s1. The summed E-state index contributed by atoms with van der Waals surface area (Å²) in [7, 11) is 1.28. The molecule has 6 nitrogen and oxygen atoms in total. The van der Waals surface area contributed by atoms with Gasteiger partial charge in [0.25, 0.3) is 0 Å². The van der Waals surface area contributed by atoms with Crippen LogP contribution in [0.3, 0.4) is 0 Å². The Labute approximate surface area is 133 Å². The van der Waals surface area contributed by atoms with E-state index in [2.05, 4.69) is 0 Å². The summed E-state index contributed by atoms with van der Waals surface area (Å²) >= 11 is 6.12. The first-order valence-corrected chi connectivity index (χ1v) is 7.23. The lowest BCUT2D eigenvalue weighted by atomic mass is 10.2. The molecule has 1 aromatic rings. The van der Waals surface area contributed by atoms with Gasteiger partial charge in [0.1, 0.15) is 12.7 Å². The van der Waals surface area contributed by atoms with E-state index in [-0.39, 0.29) is 24.9 Å². The van der Waals surface area contributed by atoms with E-state index < -0.39 is 12.0 Å². The zero-order chi connectivity index (χ0) is 16.3. The molecule has 0 bridgehead atoms. The maximum Gasteiger partial charge on any atom is 0.328 e. The number of hydrogen-bond donors (Lipinski definition) is 0. The van der Waals surface area contributed by atoms with Gasteiger partial charge in [-0.1, -0.05) is 23.7 Å². The van der Waals surface area contributed by atoms with Crippen LogP contribution in [0.2, 0.25) is 5.02 Å². The largest absolute Gasteiger partial charge is 0.467 e. The predicted octanol–water partition coefficient (Wildman–Crippen LogP) is 1.81. The van der Waals surface area contributed by atoms with Crippen LogP contribution in [0.5, 0.6) is 0 Å². The Bertz CT molecular complexity index is 605. The van der Waals surface area contributed by atoms with Crippen LogP contribution in [-0.4, -0.2) is 42.5 Å². The molecule has 7 heteroatoms. The molecule has 1 aromatic carbocycles. The number of likely N-dealkylation sites (tertiary alicyclic amines) is 1. The number of rotatable bonds is 4. The summed E-state index contributed by atoms with van der Waals surface area (Å²) in [4.78, 5) is 38.5. The van der Waals surface area contributed by atoms with Crippen molar-refractivity contribution >= 4 is 35.1 Å². The van der Waals surface area contributed by atoms with Gasteiger partial charge in [-0.05, 0) is 18.6 Å². The van der Waals surface area contributed by atoms with Gasteiger partial charge in [-0.15, -0.1) is 0 Å². The molecule has 1 fully saturated rings. The van der Waals surface area contributed by atoms with Crippen LogP contribution in [0.4, 0.5) is 5.69 Å². The van der Waals surface area contributed by atoms with Crippen LogP contribution < -0.4 is 4.90 Å². The number of hydrogen-bond acceptors (Lipinski definition) is 4. The Morgan fingerprint density at radius 2 is 2.09 bits per heavy atom. The molecule has 0 spiro atoms. The van der Waals surface area contributed by atoms with Crippen LogP contribution in [-0.2, 0) is 19.1 Å². The third-order valence-corrected chi connectivity index (χ3v) is 3.94. The Kier molecular flexibility index (Phi) is 5.03. The first kappa shape index (κ1) is 16.3. The van der Waals surface area contributed by atoms with E-state index in [1.165, 1.54) is 23.8 Å². The van der Waals surface area contributed by atoms with Crippen LogP contribution in [0, 0.1) is 0 Å². The third-order valence-electron chi connectivity index (χ3n) is 3.62. The second-order valence-electron chi connectivity index (χ2n) is 4.98. The highest BCUT2D eigenvalue weighted by atomic mass is 35.5. The van der Waals surface area contributed by atoms with Crippen molar-refractivity contribution in [3.63, 3.8) is 0 Å². The summed E-state index contributed by atoms with van der Waals surface area (Å²) in [5.74, 6) is -0.932. The number of anilines is 1. The highest BCUT2D eigenvalue weighted by Crippen LogP contribution is 2.28. The molecule has 118 valence electrons. The second kappa shape index (κ2) is 6.79. The first-order valence-electron chi connectivity index (χ1n) is 6.85. The molecular weight excluding hydrogens is 308 g/mol. The highest BCUT2D eigenvalue weighted by molar-refractivity contribution is 6.33. The average Bonchev–Trinajstić information content (AvgIpc) is 2.85. The molecule has 1 aliphatic rings. The molecule has 1 aliphatic heterocycles. The molecule has 0 radical (unpaired) electrons. The van der Waals surface area contributed by atoms with Crippen molar-refractivity contribution in [1.82, 2.24) is 4.90 Å². The number of benzene rings is 1. The van der Waals surface area contributed by atoms with E-state index in [1.54, 1.807) is 24.3 Å². The van der Waals surface area contributed by atoms with Crippen molar-refractivity contribution in [3.8, 4) is 0 Å². The predicted molar refractivity (Wildman–Crippen MR) is 81.4 cm³/mol. The summed E-state index contributed by atoms with van der Waals surface area (Å²) in [6, 6.07) is 6.19. The zero-order valence-electron chi connectivity index (χ0n) is 12.4. The van der Waals surface area contributed by atoms with Gasteiger partial charge in [0, 0.05) is 13.3 Å². The quantitative estimate of drug-likeness (QED) is 0.792. The fourth-order valence-electron chi connectivity index (χ4n) is 2.46. The Morgan fingerprint density at radius 1 is 1.41 bits per heavy atom. The molecule has 1 atom stereocenters. The third kappa shape index (κ3) is 3.22. The topological polar surface area (TPSA) is 66.9 Å². The number of ether oxygens (including phenoxy) is 1. The molecule has 0 N–H and O–H groups in total. The van der Waals surface area contributed by atoms with Gasteiger partial charge in [0.2, 0.25) is 11.8 Å². The van der Waals surface area contributed by atoms with E-state index in [0.717, 1.165) is 0 Å². The number of methoxy groups -OCH3 is 1. The van der Waals surface area contributed by atoms with E-state index in [4.69, 9.17) is 16.3 Å². The molecule has 0 saturated carbocycles. The van der Waals surface area contributed by atoms with Crippen molar-refractivity contribution < 1.29 is 19.1 Å². The minimum atomic E-state index is -0.665. The number of para-hydroxylation sites is 1. The van der Waals surface area contributed by atoms with Crippen LogP contribution in [0.25, 0.3) is 0 Å². The molecule has 1 saturated heterocycles. The van der Waals surface area contributed by atoms with E-state index in [9.17, 15) is 14.4 Å². The minimum Gasteiger partial charge on any atom is -0.467 e. The Morgan fingerprint density at radius 3 is 2.68 bits per heavy atom. The lowest BCUT2D eigenvalue weighted by Crippen LogP contribution is -2.47. The number of halogens is 1. The van der Waals surface area contributed by atoms with Crippen molar-refractivity contribution in [2.24, 2.45) is 0 Å². The van der Waals surface area contributed by atoms with E-state index in [0.29, 0.717) is 17.1 Å². The van der Waals surface area contributed by atoms with Gasteiger partial charge in [-0.25, -0.2) is 4.79 Å². The van der Waals surface area contributed by atoms with Gasteiger partial charge in [0.05, 0.1) is 17.8 Å². The maximum atomic E-state index is 12.0. The van der Waals surface area contributed by atoms with Gasteiger partial charge in [-0.2, -0.15) is 0 Å². The smallest absolute Gasteiger partial charge is 0.328 e. The maximum absolute atomic E-state index is 12.0. The number of esters is 1. The minimum absolute atomic E-state index is 0.0301. The first-order chi connectivity index (χ1) is 10.5. The average molecular weight is 325 g/mol. The number of amides is 2. The Hall–Kier alpha value is -2.08. The van der Waals surface area contributed by atoms with Gasteiger partial charge in [-0.3, -0.25) is 14.5 Å². The lowest BCUT2D eigenvalue weighted by molar-refractivity contribution is -0.149. The molecular formula is C15H17ClN2O4. The van der Waals surface area contributed by atoms with Crippen molar-refractivity contribution in [3.05, 3.63) is 29.3 Å². The van der Waals surface area contributed by atoms with Gasteiger partial charge in [0.15, 0.2) is 0 Å². The van der Waals surface area contributed by atoms with Crippen molar-refractivity contribution in [1.29, 1.82) is 0 Å². The molecule has 0 aliphatic carbocycles. The number of nitrogens with zero attached hydrogens (tertiary/aromatic N) is 2. The fourth-order valence-corrected chi connectivity index (χ4v) is 2.70. The highest BCUT2D eigenvalue weighted by Gasteiger charge is 2.38. The fraction of sp³-hybridized carbons (Fsp3) is 0.400. The summed E-state index contributed by atoms with van der Waals surface area (Å²) < 4.78 is 4.72. The van der Waals surface area contributed by atoms with Gasteiger partial charge < -0.3 is 9.64 Å². The van der Waals surface area contributed by atoms with E-state index >= 15 is 0 Å². The molecule has 22 heavy (non-hydrogen) atoms. The monoisotopic (exact) mass is 324 g/mol. The van der Waals surface area contributed by atoms with Crippen molar-refractivity contribution in [2.75, 3.05) is 18.7 Å². The summed E-state index contributed by atoms with van der Waals surface area (Å²) in [6.07, 6.45) is 0.647. The zero-order valence-corrected chi connectivity index (χ0v) is 13.2. The summed E-state index contributed by atoms with van der Waals surface area (Å²) in [5, 5.41) is 0.402. The molecule has 2 rings (SSSR count). The Balaban J connectivity index is 2.27. The number of carbonyl (C=O) groups excluding carboxylic acids is 3. The SMILES string of the molecule is COC(=O)[C@@H]1CCC(=O)N1CN(C(C)=O)c1ccccc1Cl. The second-order valence-corrected chi connectivity index (χ2v) is 5.39. The van der Waals surface area contributed by atoms with Crippen LogP contribution in [0.15, 0.2) is 24.3 Å². The number of carbonyl (C=O) groups is 3. The molecule has 0 aromatic heterocycles. The summed E-state index contributed by atoms with van der Waals surface area (Å²) in [5.41, 5.74) is 0.500. The van der Waals surface area contributed by atoms with E-state index in [1.807, 2.05) is 0 Å². The summed E-state index contributed by atoms with van der Waals surface area (Å²) in [6.45, 7) is 1.36. The van der Waals surface area contributed by atoms with Gasteiger partial charge >= 0.3 is 5.97 Å². The molecule has 2 amide bonds. The van der Waals surface area contributed by atoms with Crippen LogP contribution in [0.1, 0.15) is 19.8 Å². The van der Waals surface area contributed by atoms with Crippen molar-refractivity contribution in [2.45, 2.75) is 25.8 Å². The lowest BCUT2D eigenvalue weighted by Gasteiger charge is -2.30. The molecule has 1 heterocycles.